The van der Waals surface area contributed by atoms with Gasteiger partial charge in [0.15, 0.2) is 0 Å². The molecule has 0 radical (unpaired) electrons. The maximum atomic E-state index is 13.1. The molecule has 0 bridgehead atoms. The number of aliphatic hydroxyl groups excluding tert-OH is 1. The molecule has 1 saturated heterocycles. The van der Waals surface area contributed by atoms with Gasteiger partial charge in [-0.2, -0.15) is 0 Å². The molecule has 1 N–H and O–H groups in total. The number of anilines is 1. The Kier molecular flexibility index (Phi) is 5.52. The minimum Gasteiger partial charge on any atom is -0.507 e. The highest BCUT2D eigenvalue weighted by molar-refractivity contribution is 7.10. The topological polar surface area (TPSA) is 76.1 Å². The fraction of sp³-hybridized carbons (Fsp3) is 0.167. The van der Waals surface area contributed by atoms with Crippen LogP contribution in [0.4, 0.5) is 5.69 Å². The van der Waals surface area contributed by atoms with E-state index in [4.69, 9.17) is 9.47 Å². The smallest absolute Gasteiger partial charge is 0.300 e. The van der Waals surface area contributed by atoms with Crippen molar-refractivity contribution in [3.8, 4) is 11.5 Å². The molecule has 1 amide bonds. The number of benzene rings is 2. The van der Waals surface area contributed by atoms with E-state index in [1.165, 1.54) is 16.2 Å². The number of amides is 1. The maximum absolute atomic E-state index is 13.1. The van der Waals surface area contributed by atoms with Gasteiger partial charge in [0, 0.05) is 16.1 Å². The van der Waals surface area contributed by atoms with Crippen molar-refractivity contribution in [2.24, 2.45) is 0 Å². The fourth-order valence-corrected chi connectivity index (χ4v) is 4.56. The Balaban J connectivity index is 1.89. The van der Waals surface area contributed by atoms with Crippen LogP contribution in [0, 0.1) is 6.92 Å². The molecule has 1 aliphatic heterocycles. The van der Waals surface area contributed by atoms with Crippen LogP contribution in [0.2, 0.25) is 0 Å². The SMILES string of the molecule is COc1ccc(N2C(=O)C(=O)/C(=C(\O)c3ccc(OC)cc3C)C2c2cccs2)cc1. The molecule has 158 valence electrons. The van der Waals surface area contributed by atoms with E-state index in [2.05, 4.69) is 0 Å². The van der Waals surface area contributed by atoms with Crippen molar-refractivity contribution in [1.29, 1.82) is 0 Å². The number of aliphatic hydroxyl groups is 1. The molecule has 4 rings (SSSR count). The minimum atomic E-state index is -0.727. The van der Waals surface area contributed by atoms with E-state index in [0.717, 1.165) is 10.4 Å². The second-order valence-corrected chi connectivity index (χ2v) is 8.04. The Morgan fingerprint density at radius 3 is 2.26 bits per heavy atom. The molecule has 31 heavy (non-hydrogen) atoms. The minimum absolute atomic E-state index is 0.0662. The van der Waals surface area contributed by atoms with Gasteiger partial charge in [0.2, 0.25) is 0 Å². The largest absolute Gasteiger partial charge is 0.507 e. The quantitative estimate of drug-likeness (QED) is 0.357. The molecule has 0 spiro atoms. The molecule has 1 aliphatic rings. The highest BCUT2D eigenvalue weighted by Crippen LogP contribution is 2.44. The molecule has 1 atom stereocenters. The molecule has 0 saturated carbocycles. The van der Waals surface area contributed by atoms with Gasteiger partial charge in [0.25, 0.3) is 11.7 Å². The summed E-state index contributed by atoms with van der Waals surface area (Å²) in [6.07, 6.45) is 0. The van der Waals surface area contributed by atoms with E-state index in [9.17, 15) is 14.7 Å². The van der Waals surface area contributed by atoms with Crippen molar-refractivity contribution in [1.82, 2.24) is 0 Å². The molecule has 0 aliphatic carbocycles. The maximum Gasteiger partial charge on any atom is 0.300 e. The molecule has 7 heteroatoms. The number of Topliss-reactive ketones (excluding diaryl/α,β-unsaturated/α-hetero) is 1. The fourth-order valence-electron chi connectivity index (χ4n) is 3.73. The molecule has 6 nitrogen and oxygen atoms in total. The number of ketones is 1. The zero-order valence-corrected chi connectivity index (χ0v) is 18.1. The lowest BCUT2D eigenvalue weighted by Crippen LogP contribution is -2.29. The number of aryl methyl sites for hydroxylation is 1. The lowest BCUT2D eigenvalue weighted by Gasteiger charge is -2.24. The van der Waals surface area contributed by atoms with Gasteiger partial charge in [-0.05, 0) is 66.4 Å². The van der Waals surface area contributed by atoms with E-state index in [-0.39, 0.29) is 11.3 Å². The molecule has 2 heterocycles. The third-order valence-corrected chi connectivity index (χ3v) is 6.22. The lowest BCUT2D eigenvalue weighted by molar-refractivity contribution is -0.132. The van der Waals surface area contributed by atoms with Crippen molar-refractivity contribution in [3.05, 3.63) is 81.6 Å². The average molecular weight is 436 g/mol. The number of methoxy groups -OCH3 is 2. The summed E-state index contributed by atoms with van der Waals surface area (Å²) >= 11 is 1.42. The Hall–Kier alpha value is -3.58. The third-order valence-electron chi connectivity index (χ3n) is 5.30. The number of rotatable bonds is 5. The zero-order chi connectivity index (χ0) is 22.1. The van der Waals surface area contributed by atoms with Crippen LogP contribution >= 0.6 is 11.3 Å². The first-order valence-corrected chi connectivity index (χ1v) is 10.5. The highest BCUT2D eigenvalue weighted by atomic mass is 32.1. The molecule has 1 fully saturated rings. The van der Waals surface area contributed by atoms with E-state index >= 15 is 0 Å². The predicted octanol–water partition coefficient (Wildman–Crippen LogP) is 4.70. The third kappa shape index (κ3) is 3.57. The summed E-state index contributed by atoms with van der Waals surface area (Å²) in [6.45, 7) is 1.82. The summed E-state index contributed by atoms with van der Waals surface area (Å²) in [5, 5.41) is 13.1. The Bertz CT molecular complexity index is 1170. The second-order valence-electron chi connectivity index (χ2n) is 7.06. The number of nitrogens with zero attached hydrogens (tertiary/aromatic N) is 1. The van der Waals surface area contributed by atoms with Crippen LogP contribution in [-0.4, -0.2) is 31.0 Å². The summed E-state index contributed by atoms with van der Waals surface area (Å²) in [5.41, 5.74) is 1.83. The van der Waals surface area contributed by atoms with Crippen LogP contribution in [0.5, 0.6) is 11.5 Å². The van der Waals surface area contributed by atoms with Crippen LogP contribution in [0.25, 0.3) is 5.76 Å². The molecular weight excluding hydrogens is 414 g/mol. The normalized spacial score (nSPS) is 17.8. The van der Waals surface area contributed by atoms with Crippen molar-refractivity contribution in [2.75, 3.05) is 19.1 Å². The predicted molar refractivity (Wildman–Crippen MR) is 120 cm³/mol. The van der Waals surface area contributed by atoms with Gasteiger partial charge in [-0.1, -0.05) is 6.07 Å². The molecule has 3 aromatic rings. The van der Waals surface area contributed by atoms with Gasteiger partial charge in [-0.25, -0.2) is 0 Å². The van der Waals surface area contributed by atoms with E-state index in [1.54, 1.807) is 56.7 Å². The first-order valence-electron chi connectivity index (χ1n) is 9.59. The molecular formula is C24H21NO5S. The molecule has 2 aromatic carbocycles. The van der Waals surface area contributed by atoms with E-state index in [1.807, 2.05) is 24.4 Å². The van der Waals surface area contributed by atoms with E-state index < -0.39 is 17.7 Å². The number of ether oxygens (including phenoxy) is 2. The van der Waals surface area contributed by atoms with Gasteiger partial charge < -0.3 is 14.6 Å². The van der Waals surface area contributed by atoms with Gasteiger partial charge in [-0.3, -0.25) is 14.5 Å². The van der Waals surface area contributed by atoms with Gasteiger partial charge in [0.05, 0.1) is 19.8 Å². The van der Waals surface area contributed by atoms with Crippen molar-refractivity contribution >= 4 is 34.5 Å². The summed E-state index contributed by atoms with van der Waals surface area (Å²) in [4.78, 5) is 28.4. The zero-order valence-electron chi connectivity index (χ0n) is 17.3. The first-order chi connectivity index (χ1) is 15.0. The highest BCUT2D eigenvalue weighted by Gasteiger charge is 2.47. The number of carbonyl (C=O) groups is 2. The van der Waals surface area contributed by atoms with Crippen LogP contribution in [0.15, 0.2) is 65.6 Å². The lowest BCUT2D eigenvalue weighted by atomic mass is 9.97. The number of hydrogen-bond acceptors (Lipinski definition) is 6. The van der Waals surface area contributed by atoms with Gasteiger partial charge >= 0.3 is 0 Å². The average Bonchev–Trinajstić information content (AvgIpc) is 3.40. The monoisotopic (exact) mass is 435 g/mol. The Morgan fingerprint density at radius 1 is 1.00 bits per heavy atom. The second kappa shape index (κ2) is 8.28. The summed E-state index contributed by atoms with van der Waals surface area (Å²) < 4.78 is 10.4. The number of thiophene rings is 1. The Morgan fingerprint density at radius 2 is 1.68 bits per heavy atom. The summed E-state index contributed by atoms with van der Waals surface area (Å²) in [6, 6.07) is 15.1. The van der Waals surface area contributed by atoms with Crippen LogP contribution in [-0.2, 0) is 9.59 Å². The summed E-state index contributed by atoms with van der Waals surface area (Å²) in [7, 11) is 3.12. The van der Waals surface area contributed by atoms with Gasteiger partial charge in [0.1, 0.15) is 23.3 Å². The number of hydrogen-bond donors (Lipinski definition) is 1. The van der Waals surface area contributed by atoms with Crippen molar-refractivity contribution in [3.63, 3.8) is 0 Å². The van der Waals surface area contributed by atoms with Crippen LogP contribution < -0.4 is 14.4 Å². The molecule has 1 aromatic heterocycles. The van der Waals surface area contributed by atoms with E-state index in [0.29, 0.717) is 22.7 Å². The van der Waals surface area contributed by atoms with Crippen molar-refractivity contribution in [2.45, 2.75) is 13.0 Å². The summed E-state index contributed by atoms with van der Waals surface area (Å²) in [5.74, 6) is -0.324. The standard InChI is InChI=1S/C24H21NO5S/c1-14-13-17(30-3)10-11-18(14)22(26)20-21(19-5-4-12-31-19)25(24(28)23(20)27)15-6-8-16(29-2)9-7-15/h4-13,21,26H,1-3H3/b22-20-. The van der Waals surface area contributed by atoms with Crippen molar-refractivity contribution < 1.29 is 24.2 Å². The first kappa shape index (κ1) is 20.7. The van der Waals surface area contributed by atoms with Gasteiger partial charge in [-0.15, -0.1) is 11.3 Å². The Labute approximate surface area is 184 Å². The van der Waals surface area contributed by atoms with Crippen LogP contribution in [0.3, 0.4) is 0 Å². The van der Waals surface area contributed by atoms with Crippen LogP contribution in [0.1, 0.15) is 22.0 Å². The molecule has 1 unspecified atom stereocenters. The number of carbonyl (C=O) groups excluding carboxylic acids is 2.